The van der Waals surface area contributed by atoms with Crippen molar-refractivity contribution in [2.75, 3.05) is 126 Å². The predicted octanol–water partition coefficient (Wildman–Crippen LogP) is 2.81. The van der Waals surface area contributed by atoms with Crippen LogP contribution in [0.25, 0.3) is 0 Å². The molecule has 0 aromatic rings. The summed E-state index contributed by atoms with van der Waals surface area (Å²) < 4.78 is 66.1. The summed E-state index contributed by atoms with van der Waals surface area (Å²) in [6.45, 7) is 6.85. The molecule has 16 nitrogen and oxygen atoms in total. The molecular weight excluding hydrogens is 700 g/mol. The Morgan fingerprint density at radius 3 is 1.13 bits per heavy atom. The summed E-state index contributed by atoms with van der Waals surface area (Å²) in [6.07, 6.45) is 15.3. The van der Waals surface area contributed by atoms with E-state index in [0.29, 0.717) is 66.1 Å². The van der Waals surface area contributed by atoms with Gasteiger partial charge in [0.15, 0.2) is 0 Å². The summed E-state index contributed by atoms with van der Waals surface area (Å²) in [7, 11) is 0. The first-order valence-corrected chi connectivity index (χ1v) is 18.9. The van der Waals surface area contributed by atoms with Gasteiger partial charge in [0.1, 0.15) is 19.8 Å². The lowest BCUT2D eigenvalue weighted by molar-refractivity contribution is -0.227. The molecule has 0 saturated carbocycles. The maximum atomic E-state index is 9.43. The van der Waals surface area contributed by atoms with Gasteiger partial charge in [-0.05, 0) is 24.6 Å². The largest absolute Gasteiger partial charge is 0.470 e. The molecule has 0 heterocycles. The van der Waals surface area contributed by atoms with Crippen LogP contribution in [0, 0.1) is 0 Å². The standard InChI is InChI=1S/C37H70O16/c1-2-3-4-5-6-7-8-9-16-42-20-21-43-22-23-44-24-25-45-26-27-46-28-29-47-30-31-51-36(49-18-11-14-39)33-53-37(50-19-12-15-40)34-52-35(32-41)48-17-10-13-38/h10-12,17-19,35-41H,2-9,13-16,20-34H2,1H3/b17-10+,18-11+,19-12+. The van der Waals surface area contributed by atoms with E-state index in [-0.39, 0.29) is 46.2 Å². The fraction of sp³-hybridized carbons (Fsp3) is 0.838. The van der Waals surface area contributed by atoms with Gasteiger partial charge >= 0.3 is 0 Å². The molecule has 0 aromatic heterocycles. The van der Waals surface area contributed by atoms with Gasteiger partial charge < -0.3 is 77.3 Å². The maximum absolute atomic E-state index is 9.43. The Morgan fingerprint density at radius 1 is 0.377 bits per heavy atom. The highest BCUT2D eigenvalue weighted by Crippen LogP contribution is 2.09. The summed E-state index contributed by atoms with van der Waals surface area (Å²) in [6, 6.07) is 0. The van der Waals surface area contributed by atoms with Crippen LogP contribution in [0.15, 0.2) is 37.0 Å². The molecule has 0 saturated heterocycles. The van der Waals surface area contributed by atoms with Gasteiger partial charge in [-0.15, -0.1) is 0 Å². The number of rotatable bonds is 44. The minimum Gasteiger partial charge on any atom is -0.470 e. The summed E-state index contributed by atoms with van der Waals surface area (Å²) >= 11 is 0. The fourth-order valence-electron chi connectivity index (χ4n) is 4.10. The van der Waals surface area contributed by atoms with E-state index in [2.05, 4.69) is 6.92 Å². The highest BCUT2D eigenvalue weighted by Gasteiger charge is 2.18. The molecule has 0 spiro atoms. The number of aliphatic hydroxyl groups excluding tert-OH is 4. The maximum Gasteiger partial charge on any atom is 0.222 e. The van der Waals surface area contributed by atoms with E-state index in [4.69, 9.17) is 72.2 Å². The molecule has 0 aromatic carbocycles. The zero-order valence-electron chi connectivity index (χ0n) is 32.0. The van der Waals surface area contributed by atoms with Gasteiger partial charge in [-0.3, -0.25) is 0 Å². The first kappa shape index (κ1) is 51.1. The zero-order valence-corrected chi connectivity index (χ0v) is 32.0. The van der Waals surface area contributed by atoms with Crippen LogP contribution in [0.4, 0.5) is 0 Å². The Labute approximate surface area is 316 Å². The molecule has 4 N–H and O–H groups in total. The molecular formula is C37H70O16. The van der Waals surface area contributed by atoms with E-state index in [9.17, 15) is 5.11 Å². The zero-order chi connectivity index (χ0) is 38.6. The second-order valence-electron chi connectivity index (χ2n) is 11.2. The molecule has 0 aliphatic rings. The Balaban J connectivity index is 3.87. The molecule has 0 bridgehead atoms. The first-order valence-electron chi connectivity index (χ1n) is 18.9. The fourth-order valence-corrected chi connectivity index (χ4v) is 4.10. The smallest absolute Gasteiger partial charge is 0.222 e. The van der Waals surface area contributed by atoms with Crippen LogP contribution in [0.5, 0.6) is 0 Å². The lowest BCUT2D eigenvalue weighted by Crippen LogP contribution is -2.32. The van der Waals surface area contributed by atoms with Gasteiger partial charge in [0.25, 0.3) is 0 Å². The van der Waals surface area contributed by atoms with E-state index in [1.807, 2.05) is 0 Å². The van der Waals surface area contributed by atoms with Gasteiger partial charge in [0.05, 0.1) is 118 Å². The van der Waals surface area contributed by atoms with Gasteiger partial charge in [-0.25, -0.2) is 0 Å². The third kappa shape index (κ3) is 39.6. The van der Waals surface area contributed by atoms with Crippen molar-refractivity contribution in [3.63, 3.8) is 0 Å². The van der Waals surface area contributed by atoms with Crippen molar-refractivity contribution < 1.29 is 77.3 Å². The number of hydrogen-bond donors (Lipinski definition) is 4. The van der Waals surface area contributed by atoms with Crippen molar-refractivity contribution in [3.8, 4) is 0 Å². The van der Waals surface area contributed by atoms with E-state index in [1.165, 1.54) is 82.0 Å². The molecule has 0 radical (unpaired) electrons. The average Bonchev–Trinajstić information content (AvgIpc) is 3.17. The number of unbranched alkanes of at least 4 members (excludes halogenated alkanes) is 7. The van der Waals surface area contributed by atoms with Crippen LogP contribution in [-0.4, -0.2) is 165 Å². The normalized spacial score (nSPS) is 13.8. The Morgan fingerprint density at radius 2 is 0.717 bits per heavy atom. The number of ether oxygens (including phenoxy) is 12. The molecule has 314 valence electrons. The molecule has 0 amide bonds. The lowest BCUT2D eigenvalue weighted by Gasteiger charge is -2.23. The monoisotopic (exact) mass is 770 g/mol. The molecule has 0 aliphatic heterocycles. The Bertz CT molecular complexity index is 788. The van der Waals surface area contributed by atoms with Gasteiger partial charge in [-0.1, -0.05) is 51.9 Å². The lowest BCUT2D eigenvalue weighted by atomic mass is 10.1. The molecule has 16 heteroatoms. The summed E-state index contributed by atoms with van der Waals surface area (Å²) in [5, 5.41) is 36.2. The van der Waals surface area contributed by atoms with Crippen molar-refractivity contribution in [2.24, 2.45) is 0 Å². The third-order valence-electron chi connectivity index (χ3n) is 6.82. The van der Waals surface area contributed by atoms with E-state index in [0.717, 1.165) is 13.0 Å². The minimum atomic E-state index is -1.03. The second-order valence-corrected chi connectivity index (χ2v) is 11.2. The second kappa shape index (κ2) is 44.5. The van der Waals surface area contributed by atoms with Crippen LogP contribution in [0.2, 0.25) is 0 Å². The SMILES string of the molecule is CCCCCCCCCCOCCOCCOCCOCCOCCOCCOC(COC(COC(CO)O/C=C/CO)O/C=C/CO)O/C=C/CO. The van der Waals surface area contributed by atoms with Crippen LogP contribution < -0.4 is 0 Å². The molecule has 0 aliphatic carbocycles. The topological polar surface area (TPSA) is 192 Å². The van der Waals surface area contributed by atoms with Crippen LogP contribution in [0.3, 0.4) is 0 Å². The molecule has 0 rings (SSSR count). The highest BCUT2D eigenvalue weighted by molar-refractivity contribution is 4.74. The minimum absolute atomic E-state index is 0.108. The molecule has 3 unspecified atom stereocenters. The third-order valence-corrected chi connectivity index (χ3v) is 6.82. The van der Waals surface area contributed by atoms with Crippen molar-refractivity contribution in [1.82, 2.24) is 0 Å². The summed E-state index contributed by atoms with van der Waals surface area (Å²) in [4.78, 5) is 0. The first-order chi connectivity index (χ1) is 26.2. The highest BCUT2D eigenvalue weighted by atomic mass is 16.7. The Hall–Kier alpha value is -1.90. The van der Waals surface area contributed by atoms with E-state index < -0.39 is 25.5 Å². The van der Waals surface area contributed by atoms with Gasteiger partial charge in [-0.2, -0.15) is 0 Å². The van der Waals surface area contributed by atoms with Crippen molar-refractivity contribution >= 4 is 0 Å². The summed E-state index contributed by atoms with van der Waals surface area (Å²) in [5.41, 5.74) is 0. The van der Waals surface area contributed by atoms with Gasteiger partial charge in [0.2, 0.25) is 18.9 Å². The van der Waals surface area contributed by atoms with Crippen LogP contribution in [0.1, 0.15) is 58.3 Å². The quantitative estimate of drug-likeness (QED) is 0.0402. The van der Waals surface area contributed by atoms with Gasteiger partial charge in [0, 0.05) is 6.61 Å². The van der Waals surface area contributed by atoms with Crippen molar-refractivity contribution in [1.29, 1.82) is 0 Å². The average molecular weight is 771 g/mol. The Kier molecular flexibility index (Phi) is 42.9. The molecule has 0 fully saturated rings. The van der Waals surface area contributed by atoms with E-state index >= 15 is 0 Å². The van der Waals surface area contributed by atoms with Crippen molar-refractivity contribution in [2.45, 2.75) is 77.2 Å². The molecule has 53 heavy (non-hydrogen) atoms. The van der Waals surface area contributed by atoms with Crippen molar-refractivity contribution in [3.05, 3.63) is 37.0 Å². The molecule has 3 atom stereocenters. The predicted molar refractivity (Wildman–Crippen MR) is 196 cm³/mol. The summed E-state index contributed by atoms with van der Waals surface area (Å²) in [5.74, 6) is 0. The number of hydrogen-bond acceptors (Lipinski definition) is 16. The van der Waals surface area contributed by atoms with E-state index in [1.54, 1.807) is 0 Å². The van der Waals surface area contributed by atoms with Crippen LogP contribution >= 0.6 is 0 Å². The number of aliphatic hydroxyl groups is 4. The van der Waals surface area contributed by atoms with Crippen LogP contribution in [-0.2, 0) is 56.8 Å².